The second kappa shape index (κ2) is 15.9. The highest BCUT2D eigenvalue weighted by Crippen LogP contribution is 2.67. The lowest BCUT2D eigenvalue weighted by Crippen LogP contribution is -2.54. The van der Waals surface area contributed by atoms with Crippen LogP contribution in [-0.2, 0) is 0 Å². The predicted octanol–water partition coefficient (Wildman–Crippen LogP) is 12.7. The summed E-state index contributed by atoms with van der Waals surface area (Å²) in [6.07, 6.45) is 9.40. The fraction of sp³-hybridized carbons (Fsp3) is 0.842. The van der Waals surface area contributed by atoms with E-state index in [9.17, 15) is 0 Å². The first-order valence-electron chi connectivity index (χ1n) is 16.6. The Labute approximate surface area is 241 Å². The van der Waals surface area contributed by atoms with Crippen molar-refractivity contribution in [2.24, 2.45) is 58.2 Å². The maximum Gasteiger partial charge on any atom is -0.00973 e. The summed E-state index contributed by atoms with van der Waals surface area (Å²) in [6.45, 7) is 35.0. The third-order valence-electron chi connectivity index (χ3n) is 8.95. The molecule has 0 aliphatic carbocycles. The molecule has 0 N–H and O–H groups in total. The standard InChI is InChI=1S/C38H70/c1-27(2)20-35(21-28(3)4)37(23-30(7)8,24-31(9)10)38(25-32(11)12,26-33(13)14)36(22-29(5)6)34-18-16-15-17-19-34/h15-19,27-33,35-36H,20-26H2,1-14H3. The van der Waals surface area contributed by atoms with Gasteiger partial charge in [-0.25, -0.2) is 0 Å². The van der Waals surface area contributed by atoms with E-state index in [0.29, 0.717) is 40.9 Å². The monoisotopic (exact) mass is 527 g/mol. The van der Waals surface area contributed by atoms with Crippen LogP contribution in [0, 0.1) is 58.2 Å². The number of hydrogen-bond donors (Lipinski definition) is 0. The Bertz CT molecular complexity index is 703. The first-order valence-corrected chi connectivity index (χ1v) is 16.6. The Morgan fingerprint density at radius 3 is 1.08 bits per heavy atom. The SMILES string of the molecule is CC(C)CC(CC(C)C)C(CC(C)C)(CC(C)C)C(CC(C)C)(CC(C)C)C(CC(C)C)c1ccccc1. The number of rotatable bonds is 18. The number of benzene rings is 1. The van der Waals surface area contributed by atoms with E-state index >= 15 is 0 Å². The molecular weight excluding hydrogens is 456 g/mol. The van der Waals surface area contributed by atoms with Crippen molar-refractivity contribution in [3.05, 3.63) is 35.9 Å². The van der Waals surface area contributed by atoms with Gasteiger partial charge in [-0.2, -0.15) is 0 Å². The van der Waals surface area contributed by atoms with E-state index in [1.54, 1.807) is 5.56 Å². The zero-order valence-corrected chi connectivity index (χ0v) is 28.5. The van der Waals surface area contributed by atoms with Gasteiger partial charge in [-0.05, 0) is 115 Å². The summed E-state index contributed by atoms with van der Waals surface area (Å²) in [4.78, 5) is 0. The van der Waals surface area contributed by atoms with Crippen LogP contribution in [0.1, 0.15) is 153 Å². The minimum Gasteiger partial charge on any atom is -0.0628 e. The molecule has 38 heavy (non-hydrogen) atoms. The molecule has 1 aromatic carbocycles. The molecule has 0 saturated heterocycles. The van der Waals surface area contributed by atoms with E-state index in [0.717, 1.165) is 17.8 Å². The topological polar surface area (TPSA) is 0 Å². The third kappa shape index (κ3) is 10.0. The van der Waals surface area contributed by atoms with Gasteiger partial charge >= 0.3 is 0 Å². The third-order valence-corrected chi connectivity index (χ3v) is 8.95. The normalized spacial score (nSPS) is 14.5. The van der Waals surface area contributed by atoms with Gasteiger partial charge in [-0.15, -0.1) is 0 Å². The van der Waals surface area contributed by atoms with Crippen LogP contribution in [0.25, 0.3) is 0 Å². The minimum absolute atomic E-state index is 0.268. The highest BCUT2D eigenvalue weighted by molar-refractivity contribution is 5.25. The largest absolute Gasteiger partial charge is 0.0628 e. The molecule has 1 aromatic rings. The molecule has 0 fully saturated rings. The van der Waals surface area contributed by atoms with Crippen LogP contribution in [0.3, 0.4) is 0 Å². The summed E-state index contributed by atoms with van der Waals surface area (Å²) in [6, 6.07) is 11.8. The van der Waals surface area contributed by atoms with Crippen molar-refractivity contribution in [1.82, 2.24) is 0 Å². The lowest BCUT2D eigenvalue weighted by atomic mass is 9.42. The van der Waals surface area contributed by atoms with Gasteiger partial charge in [0.25, 0.3) is 0 Å². The van der Waals surface area contributed by atoms with Crippen LogP contribution in [0.2, 0.25) is 0 Å². The molecule has 0 heteroatoms. The van der Waals surface area contributed by atoms with E-state index < -0.39 is 0 Å². The Balaban J connectivity index is 4.33. The van der Waals surface area contributed by atoms with Crippen molar-refractivity contribution < 1.29 is 0 Å². The molecule has 0 heterocycles. The molecule has 1 unspecified atom stereocenters. The first kappa shape index (κ1) is 35.2. The fourth-order valence-corrected chi connectivity index (χ4v) is 8.79. The maximum atomic E-state index is 2.52. The molecule has 0 aliphatic rings. The second-order valence-electron chi connectivity index (χ2n) is 16.3. The van der Waals surface area contributed by atoms with E-state index in [1.165, 1.54) is 44.9 Å². The Morgan fingerprint density at radius 1 is 0.421 bits per heavy atom. The van der Waals surface area contributed by atoms with Gasteiger partial charge in [0.15, 0.2) is 0 Å². The summed E-state index contributed by atoms with van der Waals surface area (Å²) >= 11 is 0. The van der Waals surface area contributed by atoms with Gasteiger partial charge < -0.3 is 0 Å². The second-order valence-corrected chi connectivity index (χ2v) is 16.3. The van der Waals surface area contributed by atoms with Crippen molar-refractivity contribution in [3.63, 3.8) is 0 Å². The maximum absolute atomic E-state index is 2.52. The number of hydrogen-bond acceptors (Lipinski definition) is 0. The molecule has 1 atom stereocenters. The molecule has 222 valence electrons. The van der Waals surface area contributed by atoms with Gasteiger partial charge in [0.2, 0.25) is 0 Å². The molecule has 0 aliphatic heterocycles. The average molecular weight is 527 g/mol. The molecule has 0 spiro atoms. The van der Waals surface area contributed by atoms with Crippen molar-refractivity contribution in [1.29, 1.82) is 0 Å². The van der Waals surface area contributed by atoms with Crippen molar-refractivity contribution in [2.45, 2.75) is 148 Å². The van der Waals surface area contributed by atoms with Gasteiger partial charge in [0.1, 0.15) is 0 Å². The lowest BCUT2D eigenvalue weighted by Gasteiger charge is -2.62. The van der Waals surface area contributed by atoms with E-state index in [4.69, 9.17) is 0 Å². The zero-order valence-electron chi connectivity index (χ0n) is 28.5. The molecule has 0 bridgehead atoms. The van der Waals surface area contributed by atoms with Crippen LogP contribution in [-0.4, -0.2) is 0 Å². The van der Waals surface area contributed by atoms with Crippen LogP contribution in [0.4, 0.5) is 0 Å². The van der Waals surface area contributed by atoms with Gasteiger partial charge in [-0.1, -0.05) is 127 Å². The van der Waals surface area contributed by atoms with E-state index in [1.807, 2.05) is 0 Å². The molecule has 0 nitrogen and oxygen atoms in total. The zero-order chi connectivity index (χ0) is 29.3. The summed E-state index contributed by atoms with van der Waals surface area (Å²) < 4.78 is 0. The average Bonchev–Trinajstić information content (AvgIpc) is 2.74. The molecular formula is C38H70. The van der Waals surface area contributed by atoms with Crippen molar-refractivity contribution >= 4 is 0 Å². The Morgan fingerprint density at radius 2 is 0.763 bits per heavy atom. The molecule has 1 rings (SSSR count). The summed E-state index contributed by atoms with van der Waals surface area (Å²) in [5, 5.41) is 0. The molecule has 0 aromatic heterocycles. The molecule has 0 amide bonds. The summed E-state index contributed by atoms with van der Waals surface area (Å²) in [5.74, 6) is 6.25. The van der Waals surface area contributed by atoms with Crippen molar-refractivity contribution in [3.8, 4) is 0 Å². The predicted molar refractivity (Wildman–Crippen MR) is 174 cm³/mol. The summed E-state index contributed by atoms with van der Waals surface area (Å²) in [7, 11) is 0. The smallest absolute Gasteiger partial charge is 0.00973 e. The fourth-order valence-electron chi connectivity index (χ4n) is 8.79. The van der Waals surface area contributed by atoms with Crippen LogP contribution < -0.4 is 0 Å². The Kier molecular flexibility index (Phi) is 14.7. The first-order chi connectivity index (χ1) is 17.6. The molecule has 0 saturated carbocycles. The highest BCUT2D eigenvalue weighted by atomic mass is 14.6. The van der Waals surface area contributed by atoms with E-state index in [-0.39, 0.29) is 5.41 Å². The lowest BCUT2D eigenvalue weighted by molar-refractivity contribution is -0.116. The summed E-state index contributed by atoms with van der Waals surface area (Å²) in [5.41, 5.74) is 2.19. The van der Waals surface area contributed by atoms with Gasteiger partial charge in [-0.3, -0.25) is 0 Å². The molecule has 0 radical (unpaired) electrons. The van der Waals surface area contributed by atoms with E-state index in [2.05, 4.69) is 127 Å². The minimum atomic E-state index is 0.268. The van der Waals surface area contributed by atoms with Crippen LogP contribution in [0.15, 0.2) is 30.3 Å². The van der Waals surface area contributed by atoms with Crippen LogP contribution in [0.5, 0.6) is 0 Å². The quantitative estimate of drug-likeness (QED) is 0.178. The highest BCUT2D eigenvalue weighted by Gasteiger charge is 2.58. The van der Waals surface area contributed by atoms with Crippen molar-refractivity contribution in [2.75, 3.05) is 0 Å². The van der Waals surface area contributed by atoms with Gasteiger partial charge in [0.05, 0.1) is 0 Å². The van der Waals surface area contributed by atoms with Crippen LogP contribution >= 0.6 is 0 Å². The van der Waals surface area contributed by atoms with Gasteiger partial charge in [0, 0.05) is 0 Å². The Hall–Kier alpha value is -0.780.